The highest BCUT2D eigenvalue weighted by Crippen LogP contribution is 2.16. The third-order valence-corrected chi connectivity index (χ3v) is 3.30. The Bertz CT molecular complexity index is 447. The number of rotatable bonds is 2. The van der Waals surface area contributed by atoms with Gasteiger partial charge in [-0.15, -0.1) is 0 Å². The Balaban J connectivity index is 2.15. The number of urea groups is 1. The van der Waals surface area contributed by atoms with Gasteiger partial charge in [0, 0.05) is 13.1 Å². The molecule has 1 N–H and O–H groups in total. The number of barbiturate groups is 1. The molecular formula is C11H14FN3O4. The van der Waals surface area contributed by atoms with E-state index >= 15 is 0 Å². The van der Waals surface area contributed by atoms with Crippen molar-refractivity contribution in [1.29, 1.82) is 0 Å². The summed E-state index contributed by atoms with van der Waals surface area (Å²) in [7, 11) is 0. The third kappa shape index (κ3) is 2.29. The predicted molar refractivity (Wildman–Crippen MR) is 60.6 cm³/mol. The summed E-state index contributed by atoms with van der Waals surface area (Å²) in [6.07, 6.45) is -0.711. The van der Waals surface area contributed by atoms with Crippen molar-refractivity contribution in [1.82, 2.24) is 15.1 Å². The van der Waals surface area contributed by atoms with Crippen molar-refractivity contribution >= 4 is 23.8 Å². The Morgan fingerprint density at radius 1 is 1.32 bits per heavy atom. The molecule has 0 spiro atoms. The van der Waals surface area contributed by atoms with E-state index in [0.29, 0.717) is 18.0 Å². The Kier molecular flexibility index (Phi) is 3.50. The summed E-state index contributed by atoms with van der Waals surface area (Å²) in [6.45, 7) is 2.47. The summed E-state index contributed by atoms with van der Waals surface area (Å²) in [4.78, 5) is 48.2. The summed E-state index contributed by atoms with van der Waals surface area (Å²) >= 11 is 0. The molecule has 7 nitrogen and oxygen atoms in total. The molecule has 0 saturated carbocycles. The number of likely N-dealkylation sites (tertiary alicyclic amines) is 1. The van der Waals surface area contributed by atoms with Gasteiger partial charge >= 0.3 is 6.03 Å². The van der Waals surface area contributed by atoms with Gasteiger partial charge < -0.3 is 4.90 Å². The third-order valence-electron chi connectivity index (χ3n) is 3.30. The van der Waals surface area contributed by atoms with Gasteiger partial charge in [0.15, 0.2) is 0 Å². The number of carbonyl (C=O) groups excluding carboxylic acids is 4. The van der Waals surface area contributed by atoms with Gasteiger partial charge in [0.25, 0.3) is 18.0 Å². The smallest absolute Gasteiger partial charge is 0.331 e. The quantitative estimate of drug-likeness (QED) is 0.680. The molecule has 2 atom stereocenters. The summed E-state index contributed by atoms with van der Waals surface area (Å²) < 4.78 is 13.3. The van der Waals surface area contributed by atoms with Crippen molar-refractivity contribution < 1.29 is 23.6 Å². The van der Waals surface area contributed by atoms with E-state index < -0.39 is 36.0 Å². The van der Waals surface area contributed by atoms with Gasteiger partial charge in [-0.3, -0.25) is 19.7 Å². The number of halogens is 1. The number of hydrogen-bond acceptors (Lipinski definition) is 4. The van der Waals surface area contributed by atoms with Crippen LogP contribution in [0.25, 0.3) is 0 Å². The van der Waals surface area contributed by atoms with Crippen molar-refractivity contribution in [3.05, 3.63) is 0 Å². The molecule has 2 saturated heterocycles. The standard InChI is InChI=1S/C11H14FN3O4/c1-6(9(17)14-4-2-3-5-14)15-10(18)7(12)8(16)13-11(15)19/h6-7H,2-5H2,1H3,(H,13,16,19). The van der Waals surface area contributed by atoms with Gasteiger partial charge in [0.05, 0.1) is 0 Å². The molecule has 8 heteroatoms. The monoisotopic (exact) mass is 271 g/mol. The van der Waals surface area contributed by atoms with E-state index in [1.54, 1.807) is 5.32 Å². The molecule has 2 aliphatic heterocycles. The Morgan fingerprint density at radius 2 is 1.89 bits per heavy atom. The normalized spacial score (nSPS) is 25.6. The first-order chi connectivity index (χ1) is 8.93. The van der Waals surface area contributed by atoms with Crippen LogP contribution in [0.1, 0.15) is 19.8 Å². The lowest BCUT2D eigenvalue weighted by atomic mass is 10.2. The maximum Gasteiger partial charge on any atom is 0.331 e. The minimum Gasteiger partial charge on any atom is -0.341 e. The first-order valence-corrected chi connectivity index (χ1v) is 6.04. The average Bonchev–Trinajstić information content (AvgIpc) is 2.88. The Morgan fingerprint density at radius 3 is 2.47 bits per heavy atom. The van der Waals surface area contributed by atoms with Crippen LogP contribution in [0.5, 0.6) is 0 Å². The number of amides is 5. The highest BCUT2D eigenvalue weighted by molar-refractivity contribution is 6.19. The largest absolute Gasteiger partial charge is 0.341 e. The summed E-state index contributed by atoms with van der Waals surface area (Å²) in [5, 5.41) is 1.72. The fourth-order valence-corrected chi connectivity index (χ4v) is 2.24. The first-order valence-electron chi connectivity index (χ1n) is 6.04. The molecule has 2 aliphatic rings. The molecular weight excluding hydrogens is 257 g/mol. The molecule has 0 radical (unpaired) electrons. The van der Waals surface area contributed by atoms with Crippen LogP contribution < -0.4 is 5.32 Å². The van der Waals surface area contributed by atoms with Gasteiger partial charge in [-0.2, -0.15) is 0 Å². The fraction of sp³-hybridized carbons (Fsp3) is 0.636. The first kappa shape index (κ1) is 13.4. The molecule has 2 unspecified atom stereocenters. The van der Waals surface area contributed by atoms with Crippen LogP contribution in [0.2, 0.25) is 0 Å². The SMILES string of the molecule is CC(C(=O)N1CCCC1)N1C(=O)NC(=O)C(F)C1=O. The maximum atomic E-state index is 13.3. The molecule has 0 aromatic carbocycles. The number of nitrogens with zero attached hydrogens (tertiary/aromatic N) is 2. The van der Waals surface area contributed by atoms with Crippen LogP contribution in [0.3, 0.4) is 0 Å². The second-order valence-electron chi connectivity index (χ2n) is 4.57. The Labute approximate surface area is 108 Å². The van der Waals surface area contributed by atoms with E-state index in [1.165, 1.54) is 11.8 Å². The molecule has 104 valence electrons. The zero-order valence-corrected chi connectivity index (χ0v) is 10.4. The number of imide groups is 2. The van der Waals surface area contributed by atoms with E-state index in [9.17, 15) is 23.6 Å². The predicted octanol–water partition coefficient (Wildman–Crippen LogP) is -0.586. The lowest BCUT2D eigenvalue weighted by Crippen LogP contribution is -2.64. The molecule has 2 rings (SSSR count). The summed E-state index contributed by atoms with van der Waals surface area (Å²) in [5.74, 6) is -2.98. The molecule has 0 aliphatic carbocycles. The van der Waals surface area contributed by atoms with Gasteiger partial charge in [-0.25, -0.2) is 14.1 Å². The van der Waals surface area contributed by atoms with Crippen molar-refractivity contribution in [3.63, 3.8) is 0 Å². The highest BCUT2D eigenvalue weighted by atomic mass is 19.1. The number of hydrogen-bond donors (Lipinski definition) is 1. The van der Waals surface area contributed by atoms with Gasteiger partial charge in [0.1, 0.15) is 6.04 Å². The topological polar surface area (TPSA) is 86.8 Å². The van der Waals surface area contributed by atoms with E-state index in [1.807, 2.05) is 0 Å². The Hall–Kier alpha value is -1.99. The van der Waals surface area contributed by atoms with Crippen LogP contribution in [0.4, 0.5) is 9.18 Å². The minimum atomic E-state index is -2.44. The van der Waals surface area contributed by atoms with Crippen molar-refractivity contribution in [2.75, 3.05) is 13.1 Å². The number of nitrogens with one attached hydrogen (secondary N) is 1. The number of alkyl halides is 1. The van der Waals surface area contributed by atoms with E-state index in [2.05, 4.69) is 0 Å². The van der Waals surface area contributed by atoms with Crippen LogP contribution in [0.15, 0.2) is 0 Å². The van der Waals surface area contributed by atoms with Gasteiger partial charge in [-0.05, 0) is 19.8 Å². The number of carbonyl (C=O) groups is 4. The van der Waals surface area contributed by atoms with Gasteiger partial charge in [0.2, 0.25) is 5.91 Å². The van der Waals surface area contributed by atoms with Crippen LogP contribution in [-0.2, 0) is 14.4 Å². The summed E-state index contributed by atoms with van der Waals surface area (Å²) in [5.41, 5.74) is 0. The van der Waals surface area contributed by atoms with Crippen LogP contribution >= 0.6 is 0 Å². The van der Waals surface area contributed by atoms with Crippen molar-refractivity contribution in [2.24, 2.45) is 0 Å². The van der Waals surface area contributed by atoms with E-state index in [0.717, 1.165) is 12.8 Å². The van der Waals surface area contributed by atoms with Crippen LogP contribution in [-0.4, -0.2) is 58.9 Å². The average molecular weight is 271 g/mol. The maximum absolute atomic E-state index is 13.3. The van der Waals surface area contributed by atoms with Gasteiger partial charge in [-0.1, -0.05) is 0 Å². The molecule has 2 fully saturated rings. The lowest BCUT2D eigenvalue weighted by Gasteiger charge is -2.32. The zero-order valence-electron chi connectivity index (χ0n) is 10.4. The second kappa shape index (κ2) is 4.94. The second-order valence-corrected chi connectivity index (χ2v) is 4.57. The highest BCUT2D eigenvalue weighted by Gasteiger charge is 2.45. The van der Waals surface area contributed by atoms with E-state index in [4.69, 9.17) is 0 Å². The van der Waals surface area contributed by atoms with Crippen molar-refractivity contribution in [3.8, 4) is 0 Å². The fourth-order valence-electron chi connectivity index (χ4n) is 2.24. The van der Waals surface area contributed by atoms with Crippen molar-refractivity contribution in [2.45, 2.75) is 32.0 Å². The molecule has 19 heavy (non-hydrogen) atoms. The molecule has 2 heterocycles. The molecule has 5 amide bonds. The summed E-state index contributed by atoms with van der Waals surface area (Å²) in [6, 6.07) is -2.17. The van der Waals surface area contributed by atoms with Crippen LogP contribution in [0, 0.1) is 0 Å². The molecule has 0 aromatic heterocycles. The molecule has 0 aromatic rings. The molecule has 0 bridgehead atoms. The zero-order chi connectivity index (χ0) is 14.2. The van der Waals surface area contributed by atoms with E-state index in [-0.39, 0.29) is 0 Å². The lowest BCUT2D eigenvalue weighted by molar-refractivity contribution is -0.150. The minimum absolute atomic E-state index is 0.414.